The van der Waals surface area contributed by atoms with E-state index < -0.39 is 32.6 Å². The average molecular weight is 475 g/mol. The van der Waals surface area contributed by atoms with E-state index in [0.717, 1.165) is 6.07 Å². The van der Waals surface area contributed by atoms with Crippen LogP contribution in [0, 0.1) is 0 Å². The van der Waals surface area contributed by atoms with Crippen LogP contribution in [0.3, 0.4) is 0 Å². The smallest absolute Gasteiger partial charge is 0.369 e. The zero-order valence-corrected chi connectivity index (χ0v) is 17.4. The number of sulfone groups is 1. The van der Waals surface area contributed by atoms with Gasteiger partial charge in [0.05, 0.1) is 15.7 Å². The molecule has 31 heavy (non-hydrogen) atoms. The molecule has 2 aromatic rings. The quantitative estimate of drug-likeness (QED) is 0.450. The highest BCUT2D eigenvalue weighted by atomic mass is 35.5. The number of rotatable bonds is 4. The number of nitrogens with one attached hydrogen (secondary N) is 3. The van der Waals surface area contributed by atoms with Gasteiger partial charge < -0.3 is 11.1 Å². The monoisotopic (exact) mass is 474 g/mol. The van der Waals surface area contributed by atoms with Crippen molar-refractivity contribution in [3.63, 3.8) is 0 Å². The lowest BCUT2D eigenvalue weighted by molar-refractivity contribution is -0.137. The van der Waals surface area contributed by atoms with Crippen LogP contribution >= 0.6 is 11.6 Å². The Kier molecular flexibility index (Phi) is 5.17. The molecule has 0 aromatic heterocycles. The van der Waals surface area contributed by atoms with Crippen LogP contribution in [0.5, 0.6) is 0 Å². The van der Waals surface area contributed by atoms with Crippen molar-refractivity contribution in [3.05, 3.63) is 52.5 Å². The van der Waals surface area contributed by atoms with Gasteiger partial charge in [0.2, 0.25) is 11.7 Å². The van der Waals surface area contributed by atoms with E-state index in [1.54, 1.807) is 0 Å². The Morgan fingerprint density at radius 1 is 1.16 bits per heavy atom. The van der Waals surface area contributed by atoms with Crippen molar-refractivity contribution < 1.29 is 21.6 Å². The molecule has 0 spiro atoms. The predicted molar refractivity (Wildman–Crippen MR) is 109 cm³/mol. The van der Waals surface area contributed by atoms with Crippen LogP contribution in [-0.4, -0.2) is 32.7 Å². The minimum atomic E-state index is -4.77. The summed E-state index contributed by atoms with van der Waals surface area (Å²) in [5, 5.41) is 2.11. The van der Waals surface area contributed by atoms with E-state index in [2.05, 4.69) is 21.2 Å². The lowest BCUT2D eigenvalue weighted by Gasteiger charge is -2.27. The normalized spacial score (nSPS) is 22.0. The Morgan fingerprint density at radius 3 is 2.29 bits per heavy atom. The summed E-state index contributed by atoms with van der Waals surface area (Å²) in [6.45, 7) is 0.679. The van der Waals surface area contributed by atoms with Gasteiger partial charge in [0.1, 0.15) is 0 Å². The van der Waals surface area contributed by atoms with Gasteiger partial charge in [-0.3, -0.25) is 11.2 Å². The summed E-state index contributed by atoms with van der Waals surface area (Å²) in [5.74, 6) is -1.82. The Morgan fingerprint density at radius 2 is 1.81 bits per heavy atom. The Labute approximate surface area is 180 Å². The first-order valence-electron chi connectivity index (χ1n) is 9.05. The first-order valence-corrected chi connectivity index (χ1v) is 11.0. The average Bonchev–Trinajstić information content (AvgIpc) is 2.99. The van der Waals surface area contributed by atoms with Crippen molar-refractivity contribution in [1.82, 2.24) is 16.2 Å². The summed E-state index contributed by atoms with van der Waals surface area (Å²) >= 11 is 6.25. The zero-order chi connectivity index (χ0) is 22.6. The first kappa shape index (κ1) is 21.8. The number of halogens is 4. The molecule has 166 valence electrons. The molecule has 1 fully saturated rings. The van der Waals surface area contributed by atoms with E-state index in [9.17, 15) is 21.6 Å². The van der Waals surface area contributed by atoms with Gasteiger partial charge in [-0.15, -0.1) is 0 Å². The number of nitrogens with two attached hydrogens (primary N) is 2. The summed E-state index contributed by atoms with van der Waals surface area (Å²) < 4.78 is 66.8. The van der Waals surface area contributed by atoms with E-state index in [0.29, 0.717) is 13.1 Å². The number of guanidine groups is 1. The minimum absolute atomic E-state index is 0.0380. The third-order valence-corrected chi connectivity index (χ3v) is 7.61. The maximum Gasteiger partial charge on any atom is 0.417 e. The highest BCUT2D eigenvalue weighted by Crippen LogP contribution is 2.43. The van der Waals surface area contributed by atoms with Crippen molar-refractivity contribution in [2.45, 2.75) is 22.1 Å². The SMILES string of the molecule is NC1=NC(N)(c2cc(Cl)c(-c3ccc(S(=O)(=O)C4CNC4)cc3)c(C(F)(F)F)c2)NN1. The third kappa shape index (κ3) is 3.85. The fourth-order valence-corrected chi connectivity index (χ4v) is 5.27. The van der Waals surface area contributed by atoms with Gasteiger partial charge in [-0.1, -0.05) is 23.7 Å². The van der Waals surface area contributed by atoms with Crippen LogP contribution in [0.25, 0.3) is 11.1 Å². The molecule has 0 radical (unpaired) electrons. The predicted octanol–water partition coefficient (Wildman–Crippen LogP) is 1.26. The van der Waals surface area contributed by atoms with Crippen LogP contribution < -0.4 is 27.6 Å². The molecular formula is C18H18ClF3N6O2S. The van der Waals surface area contributed by atoms with E-state index in [1.807, 2.05) is 0 Å². The van der Waals surface area contributed by atoms with Crippen LogP contribution in [0.1, 0.15) is 11.1 Å². The molecule has 1 atom stereocenters. The number of aliphatic imine (C=N–C) groups is 1. The van der Waals surface area contributed by atoms with Gasteiger partial charge in [0.15, 0.2) is 9.84 Å². The van der Waals surface area contributed by atoms with Gasteiger partial charge in [-0.2, -0.15) is 18.6 Å². The third-order valence-electron chi connectivity index (χ3n) is 5.17. The molecule has 4 rings (SSSR count). The molecule has 8 nitrogen and oxygen atoms in total. The van der Waals surface area contributed by atoms with Gasteiger partial charge in [0, 0.05) is 29.2 Å². The van der Waals surface area contributed by atoms with Crippen molar-refractivity contribution >= 4 is 27.4 Å². The maximum absolute atomic E-state index is 13.9. The van der Waals surface area contributed by atoms with Crippen LogP contribution in [0.4, 0.5) is 13.2 Å². The molecule has 2 heterocycles. The highest BCUT2D eigenvalue weighted by molar-refractivity contribution is 7.92. The topological polar surface area (TPSA) is 135 Å². The number of hydrogen-bond donors (Lipinski definition) is 5. The molecule has 0 aliphatic carbocycles. The lowest BCUT2D eigenvalue weighted by atomic mass is 9.95. The zero-order valence-electron chi connectivity index (χ0n) is 15.8. The van der Waals surface area contributed by atoms with Crippen LogP contribution in [-0.2, 0) is 21.8 Å². The molecule has 0 saturated carbocycles. The Balaban J connectivity index is 1.79. The first-order chi connectivity index (χ1) is 14.4. The van der Waals surface area contributed by atoms with E-state index in [-0.39, 0.29) is 32.6 Å². The maximum atomic E-state index is 13.9. The number of hydrogen-bond acceptors (Lipinski definition) is 8. The van der Waals surface area contributed by atoms with E-state index >= 15 is 0 Å². The molecule has 2 aliphatic heterocycles. The van der Waals surface area contributed by atoms with Gasteiger partial charge in [-0.05, 0) is 29.8 Å². The van der Waals surface area contributed by atoms with Gasteiger partial charge >= 0.3 is 6.18 Å². The Bertz CT molecular complexity index is 1170. The molecular weight excluding hydrogens is 457 g/mol. The molecule has 0 bridgehead atoms. The summed E-state index contributed by atoms with van der Waals surface area (Å²) in [6.07, 6.45) is -4.77. The fraction of sp³-hybridized carbons (Fsp3) is 0.278. The molecule has 1 saturated heterocycles. The van der Waals surface area contributed by atoms with Crippen molar-refractivity contribution in [2.75, 3.05) is 13.1 Å². The summed E-state index contributed by atoms with van der Waals surface area (Å²) in [7, 11) is -3.56. The summed E-state index contributed by atoms with van der Waals surface area (Å²) in [6, 6.07) is 7.27. The van der Waals surface area contributed by atoms with Crippen LogP contribution in [0.2, 0.25) is 5.02 Å². The highest BCUT2D eigenvalue weighted by Gasteiger charge is 2.39. The van der Waals surface area contributed by atoms with E-state index in [1.165, 1.54) is 30.3 Å². The lowest BCUT2D eigenvalue weighted by Crippen LogP contribution is -2.51. The van der Waals surface area contributed by atoms with Gasteiger partial charge in [0.25, 0.3) is 0 Å². The van der Waals surface area contributed by atoms with Crippen LogP contribution in [0.15, 0.2) is 46.3 Å². The van der Waals surface area contributed by atoms with Crippen molar-refractivity contribution in [3.8, 4) is 11.1 Å². The number of benzene rings is 2. The second-order valence-electron chi connectivity index (χ2n) is 7.24. The number of alkyl halides is 3. The molecule has 2 aliphatic rings. The summed E-state index contributed by atoms with van der Waals surface area (Å²) in [5.41, 5.74) is 15.2. The molecule has 0 amide bonds. The van der Waals surface area contributed by atoms with Gasteiger partial charge in [-0.25, -0.2) is 13.4 Å². The number of nitrogens with zero attached hydrogens (tertiary/aromatic N) is 1. The second kappa shape index (κ2) is 7.35. The molecule has 2 aromatic carbocycles. The Hall–Kier alpha value is -2.38. The second-order valence-corrected chi connectivity index (χ2v) is 9.88. The van der Waals surface area contributed by atoms with Crippen molar-refractivity contribution in [2.24, 2.45) is 16.5 Å². The largest absolute Gasteiger partial charge is 0.417 e. The van der Waals surface area contributed by atoms with Crippen molar-refractivity contribution in [1.29, 1.82) is 0 Å². The molecule has 7 N–H and O–H groups in total. The fourth-order valence-electron chi connectivity index (χ4n) is 3.37. The molecule has 13 heteroatoms. The standard InChI is InChI=1S/C18H18ClF3N6O2S/c19-14-6-10(18(24)26-16(23)27-28-18)5-13(17(20,21)22)15(14)9-1-3-11(4-2-9)31(29,30)12-7-25-8-12/h1-6,12,25,28H,7-8,24H2,(H3,23,26,27). The minimum Gasteiger partial charge on any atom is -0.369 e. The number of hydrazine groups is 1. The van der Waals surface area contributed by atoms with E-state index in [4.69, 9.17) is 23.1 Å². The summed E-state index contributed by atoms with van der Waals surface area (Å²) in [4.78, 5) is 3.92. The molecule has 1 unspecified atom stereocenters.